The third-order valence-electron chi connectivity index (χ3n) is 4.41. The van der Waals surface area contributed by atoms with Gasteiger partial charge < -0.3 is 0 Å². The number of hydrogen-bond donors (Lipinski definition) is 2. The van der Waals surface area contributed by atoms with Crippen LogP contribution in [-0.4, -0.2) is 14.3 Å². The predicted molar refractivity (Wildman–Crippen MR) is 94.3 cm³/mol. The molecule has 2 N–H and O–H groups in total. The van der Waals surface area contributed by atoms with Crippen molar-refractivity contribution in [3.05, 3.63) is 51.5 Å². The second kappa shape index (κ2) is 7.23. The van der Waals surface area contributed by atoms with Gasteiger partial charge in [-0.15, -0.1) is 16.2 Å². The summed E-state index contributed by atoms with van der Waals surface area (Å²) in [7, 11) is -3.94. The maximum Gasteiger partial charge on any atom is 0.276 e. The zero-order chi connectivity index (χ0) is 18.0. The molecule has 1 aliphatic carbocycles. The fourth-order valence-corrected chi connectivity index (χ4v) is 4.85. The molecule has 0 aliphatic heterocycles. The number of sulfonamides is 1. The van der Waals surface area contributed by atoms with Crippen molar-refractivity contribution >= 4 is 27.3 Å². The van der Waals surface area contributed by atoms with Gasteiger partial charge in [-0.05, 0) is 61.1 Å². The van der Waals surface area contributed by atoms with E-state index in [1.165, 1.54) is 21.8 Å². The molecule has 1 amide bonds. The monoisotopic (exact) mass is 382 g/mol. The van der Waals surface area contributed by atoms with Crippen molar-refractivity contribution in [3.8, 4) is 0 Å². The number of nitrogens with one attached hydrogen (secondary N) is 2. The van der Waals surface area contributed by atoms with Crippen LogP contribution in [0, 0.1) is 11.7 Å². The quantitative estimate of drug-likeness (QED) is 0.781. The average Bonchev–Trinajstić information content (AvgIpc) is 3.03. The van der Waals surface area contributed by atoms with E-state index >= 15 is 0 Å². The van der Waals surface area contributed by atoms with Crippen molar-refractivity contribution in [2.24, 2.45) is 5.92 Å². The first-order valence-electron chi connectivity index (χ1n) is 8.08. The van der Waals surface area contributed by atoms with E-state index < -0.39 is 21.7 Å². The highest BCUT2D eigenvalue weighted by Gasteiger charge is 2.23. The normalized spacial score (nSPS) is 17.1. The summed E-state index contributed by atoms with van der Waals surface area (Å²) >= 11 is 1.41. The van der Waals surface area contributed by atoms with Crippen LogP contribution in [0.5, 0.6) is 0 Å². The molecule has 0 fully saturated rings. The maximum absolute atomic E-state index is 12.9. The smallest absolute Gasteiger partial charge is 0.273 e. The lowest BCUT2D eigenvalue weighted by atomic mass is 9.87. The van der Waals surface area contributed by atoms with E-state index in [0.29, 0.717) is 10.8 Å². The van der Waals surface area contributed by atoms with Crippen LogP contribution >= 0.6 is 11.3 Å². The number of halogens is 1. The molecule has 0 saturated heterocycles. The minimum atomic E-state index is -3.94. The van der Waals surface area contributed by atoms with E-state index in [9.17, 15) is 17.6 Å². The Kier molecular flexibility index (Phi) is 5.21. The summed E-state index contributed by atoms with van der Waals surface area (Å²) in [6.45, 7) is 2.17. The molecule has 0 spiro atoms. The maximum atomic E-state index is 12.9. The number of rotatable bonds is 5. The van der Waals surface area contributed by atoms with E-state index in [-0.39, 0.29) is 4.90 Å². The Morgan fingerprint density at radius 3 is 2.72 bits per heavy atom. The van der Waals surface area contributed by atoms with Crippen molar-refractivity contribution in [2.45, 2.75) is 37.5 Å². The minimum absolute atomic E-state index is 0.120. The highest BCUT2D eigenvalue weighted by Crippen LogP contribution is 2.33. The molecule has 1 aromatic heterocycles. The van der Waals surface area contributed by atoms with Crippen LogP contribution in [0.25, 0.3) is 0 Å². The van der Waals surface area contributed by atoms with Crippen LogP contribution in [0.4, 0.5) is 4.39 Å². The van der Waals surface area contributed by atoms with Crippen molar-refractivity contribution in [2.75, 3.05) is 0 Å². The van der Waals surface area contributed by atoms with Crippen LogP contribution in [0.1, 0.15) is 39.9 Å². The lowest BCUT2D eigenvalue weighted by molar-refractivity contribution is 0.0949. The van der Waals surface area contributed by atoms with Crippen LogP contribution < -0.4 is 10.3 Å². The van der Waals surface area contributed by atoms with Crippen molar-refractivity contribution in [1.82, 2.24) is 10.3 Å². The third kappa shape index (κ3) is 4.08. The number of carbonyl (C=O) groups excluding carboxylic acids is 1. The molecular weight excluding hydrogens is 363 g/mol. The first-order valence-corrected chi connectivity index (χ1v) is 10.4. The fraction of sp³-hybridized carbons (Fsp3) is 0.353. The topological polar surface area (TPSA) is 75.3 Å². The highest BCUT2D eigenvalue weighted by atomic mass is 32.2. The van der Waals surface area contributed by atoms with Gasteiger partial charge in [0.15, 0.2) is 0 Å². The molecule has 1 aliphatic rings. The number of hydrazine groups is 1. The number of hydrogen-bond acceptors (Lipinski definition) is 4. The van der Waals surface area contributed by atoms with E-state index in [1.807, 2.05) is 6.07 Å². The molecule has 0 radical (unpaired) electrons. The first-order chi connectivity index (χ1) is 11.9. The Labute approximate surface area is 150 Å². The van der Waals surface area contributed by atoms with E-state index in [4.69, 9.17) is 0 Å². The Morgan fingerprint density at radius 1 is 1.32 bits per heavy atom. The summed E-state index contributed by atoms with van der Waals surface area (Å²) in [4.78, 5) is 15.9. The van der Waals surface area contributed by atoms with Gasteiger partial charge in [-0.25, -0.2) is 12.8 Å². The fourth-order valence-electron chi connectivity index (χ4n) is 2.91. The summed E-state index contributed by atoms with van der Waals surface area (Å²) in [6, 6.07) is 6.22. The Balaban J connectivity index is 1.67. The van der Waals surface area contributed by atoms with Gasteiger partial charge in [-0.2, -0.15) is 0 Å². The van der Waals surface area contributed by atoms with Crippen molar-refractivity contribution in [1.29, 1.82) is 0 Å². The number of benzene rings is 1. The summed E-state index contributed by atoms with van der Waals surface area (Å²) in [5.74, 6) is -0.370. The van der Waals surface area contributed by atoms with Crippen LogP contribution in [0.15, 0.2) is 35.2 Å². The second-order valence-corrected chi connectivity index (χ2v) is 8.91. The van der Waals surface area contributed by atoms with Crippen LogP contribution in [-0.2, 0) is 22.9 Å². The molecule has 0 unspecified atom stereocenters. The van der Waals surface area contributed by atoms with Crippen LogP contribution in [0.2, 0.25) is 0 Å². The molecule has 3 rings (SSSR count). The predicted octanol–water partition coefficient (Wildman–Crippen LogP) is 3.03. The molecule has 1 atom stereocenters. The van der Waals surface area contributed by atoms with Gasteiger partial charge in [0.2, 0.25) is 0 Å². The molecule has 5 nitrogen and oxygen atoms in total. The SMILES string of the molecule is CC[C@@H]1CCc2sc(C(=O)NNS(=O)(=O)c3ccc(F)cc3)cc2C1. The number of aryl methyl sites for hydroxylation is 1. The van der Waals surface area contributed by atoms with Gasteiger partial charge in [-0.3, -0.25) is 10.2 Å². The van der Waals surface area contributed by atoms with Crippen molar-refractivity contribution < 1.29 is 17.6 Å². The zero-order valence-corrected chi connectivity index (χ0v) is 15.3. The van der Waals surface area contributed by atoms with Gasteiger partial charge >= 0.3 is 0 Å². The largest absolute Gasteiger partial charge is 0.276 e. The average molecular weight is 382 g/mol. The van der Waals surface area contributed by atoms with E-state index in [2.05, 4.69) is 17.2 Å². The van der Waals surface area contributed by atoms with E-state index in [0.717, 1.165) is 49.9 Å². The third-order valence-corrected chi connectivity index (χ3v) is 6.91. The molecule has 1 aromatic carbocycles. The van der Waals surface area contributed by atoms with Gasteiger partial charge in [-0.1, -0.05) is 13.3 Å². The summed E-state index contributed by atoms with van der Waals surface area (Å²) in [6.07, 6.45) is 4.18. The Bertz CT molecular complexity index is 876. The second-order valence-electron chi connectivity index (χ2n) is 6.09. The summed E-state index contributed by atoms with van der Waals surface area (Å²) < 4.78 is 37.1. The zero-order valence-electron chi connectivity index (χ0n) is 13.7. The molecule has 0 saturated carbocycles. The molecule has 134 valence electrons. The first kappa shape index (κ1) is 18.0. The van der Waals surface area contributed by atoms with Gasteiger partial charge in [0.05, 0.1) is 9.77 Å². The lowest BCUT2D eigenvalue weighted by Gasteiger charge is -2.19. The molecule has 0 bridgehead atoms. The number of carbonyl (C=O) groups is 1. The Morgan fingerprint density at radius 2 is 2.04 bits per heavy atom. The molecule has 25 heavy (non-hydrogen) atoms. The van der Waals surface area contributed by atoms with E-state index in [1.54, 1.807) is 0 Å². The standard InChI is InChI=1S/C17H19FN2O3S2/c1-2-11-3-8-15-12(9-11)10-16(24-15)17(21)19-20-25(22,23)14-6-4-13(18)5-7-14/h4-7,10-11,20H,2-3,8-9H2,1H3,(H,19,21)/t11-/m1/s1. The van der Waals surface area contributed by atoms with Crippen molar-refractivity contribution in [3.63, 3.8) is 0 Å². The van der Waals surface area contributed by atoms with Gasteiger partial charge in [0, 0.05) is 4.88 Å². The molecule has 8 heteroatoms. The van der Waals surface area contributed by atoms with Crippen LogP contribution in [0.3, 0.4) is 0 Å². The van der Waals surface area contributed by atoms with Gasteiger partial charge in [0.25, 0.3) is 15.9 Å². The van der Waals surface area contributed by atoms with Gasteiger partial charge in [0.1, 0.15) is 5.82 Å². The minimum Gasteiger partial charge on any atom is -0.273 e. The number of amides is 1. The summed E-state index contributed by atoms with van der Waals surface area (Å²) in [5, 5.41) is 0. The molecular formula is C17H19FN2O3S2. The molecule has 1 heterocycles. The number of fused-ring (bicyclic) bond motifs is 1. The highest BCUT2D eigenvalue weighted by molar-refractivity contribution is 7.89. The molecule has 2 aromatic rings. The lowest BCUT2D eigenvalue weighted by Crippen LogP contribution is -2.41. The summed E-state index contributed by atoms with van der Waals surface area (Å²) in [5.41, 5.74) is 3.42. The number of thiophene rings is 1. The Hall–Kier alpha value is -1.77.